The minimum absolute atomic E-state index is 0.776. The second kappa shape index (κ2) is 1.64. The molecule has 0 aromatic carbocycles. The molecule has 1 unspecified atom stereocenters. The van der Waals surface area contributed by atoms with Crippen LogP contribution in [0, 0.1) is 0 Å². The molecule has 3 rings (SSSR count). The minimum Gasteiger partial charge on any atom is -0.297 e. The topological polar surface area (TPSA) is 3.24 Å². The molecule has 3 heterocycles. The summed E-state index contributed by atoms with van der Waals surface area (Å²) in [4.78, 5) is 2.66. The van der Waals surface area contributed by atoms with Gasteiger partial charge < -0.3 is 0 Å². The molecule has 2 heteroatoms. The van der Waals surface area contributed by atoms with Crippen molar-refractivity contribution in [1.82, 2.24) is 4.90 Å². The summed E-state index contributed by atoms with van der Waals surface area (Å²) in [6, 6.07) is 2.88. The fourth-order valence-corrected chi connectivity index (χ4v) is 2.84. The van der Waals surface area contributed by atoms with Crippen molar-refractivity contribution >= 4 is 0 Å². The van der Waals surface area contributed by atoms with E-state index < -0.39 is 0 Å². The first-order chi connectivity index (χ1) is 5.22. The molecule has 3 atom stereocenters. The van der Waals surface area contributed by atoms with Crippen LogP contribution in [0.3, 0.4) is 0 Å². The van der Waals surface area contributed by atoms with Gasteiger partial charge in [0, 0.05) is 6.04 Å². The Morgan fingerprint density at radius 2 is 1.73 bits per heavy atom. The molecule has 0 bridgehead atoms. The van der Waals surface area contributed by atoms with Crippen LogP contribution >= 0.6 is 0 Å². The smallest absolute Gasteiger partial charge is 0.152 e. The maximum Gasteiger partial charge on any atom is 0.152 e. The molecule has 0 N–H and O–H groups in total. The van der Waals surface area contributed by atoms with E-state index in [-0.39, 0.29) is 0 Å². The number of quaternary nitrogens is 1. The fourth-order valence-electron chi connectivity index (χ4n) is 2.84. The highest BCUT2D eigenvalue weighted by Gasteiger charge is 2.75. The van der Waals surface area contributed by atoms with Crippen LogP contribution in [0.4, 0.5) is 0 Å². The van der Waals surface area contributed by atoms with Gasteiger partial charge in [0.2, 0.25) is 0 Å². The second-order valence-corrected chi connectivity index (χ2v) is 4.82. The first kappa shape index (κ1) is 6.44. The lowest BCUT2D eigenvalue weighted by atomic mass is 10.2. The van der Waals surface area contributed by atoms with E-state index in [1.165, 1.54) is 30.7 Å². The lowest BCUT2D eigenvalue weighted by molar-refractivity contribution is -0.689. The molecule has 0 saturated carbocycles. The number of piperazine rings is 1. The number of hydrogen-bond donors (Lipinski definition) is 0. The van der Waals surface area contributed by atoms with Crippen molar-refractivity contribution in [1.29, 1.82) is 0 Å². The van der Waals surface area contributed by atoms with Crippen LogP contribution < -0.4 is 0 Å². The Bertz CT molecular complexity index is 182. The third-order valence-corrected chi connectivity index (χ3v) is 3.91. The van der Waals surface area contributed by atoms with E-state index >= 15 is 0 Å². The third-order valence-electron chi connectivity index (χ3n) is 3.91. The molecule has 0 aromatic rings. The van der Waals surface area contributed by atoms with Crippen molar-refractivity contribution in [3.8, 4) is 0 Å². The standard InChI is InChI=1S/C9H17N2/c1-7(2)10-3-8-5-11(8)6-9(11)4-10/h7-9H,3-6H2,1-2H3/q+1/t8-,9+,11?. The zero-order chi connectivity index (χ0) is 7.64. The molecular weight excluding hydrogens is 136 g/mol. The maximum atomic E-state index is 2.66. The quantitative estimate of drug-likeness (QED) is 0.386. The summed E-state index contributed by atoms with van der Waals surface area (Å²) in [5, 5.41) is 0. The van der Waals surface area contributed by atoms with Gasteiger partial charge in [-0.25, -0.2) is 0 Å². The summed E-state index contributed by atoms with van der Waals surface area (Å²) in [5.74, 6) is 0. The zero-order valence-electron chi connectivity index (χ0n) is 7.45. The van der Waals surface area contributed by atoms with Gasteiger partial charge in [0.15, 0.2) is 12.1 Å². The van der Waals surface area contributed by atoms with E-state index in [1.54, 1.807) is 0 Å². The largest absolute Gasteiger partial charge is 0.297 e. The predicted molar refractivity (Wildman–Crippen MR) is 44.3 cm³/mol. The van der Waals surface area contributed by atoms with Crippen LogP contribution in [-0.4, -0.2) is 53.7 Å². The monoisotopic (exact) mass is 153 g/mol. The zero-order valence-corrected chi connectivity index (χ0v) is 7.45. The van der Waals surface area contributed by atoms with Gasteiger partial charge in [0.1, 0.15) is 13.1 Å². The molecule has 0 aromatic heterocycles. The summed E-state index contributed by atoms with van der Waals surface area (Å²) in [7, 11) is 0. The van der Waals surface area contributed by atoms with Crippen molar-refractivity contribution in [2.45, 2.75) is 32.0 Å². The number of hydrogen-bond acceptors (Lipinski definition) is 1. The average molecular weight is 153 g/mol. The molecule has 11 heavy (non-hydrogen) atoms. The summed E-state index contributed by atoms with van der Waals surface area (Å²) in [6.45, 7) is 10.4. The molecule has 3 aliphatic heterocycles. The molecule has 0 aliphatic carbocycles. The van der Waals surface area contributed by atoms with Gasteiger partial charge in [-0.2, -0.15) is 0 Å². The third kappa shape index (κ3) is 0.695. The number of nitrogens with zero attached hydrogens (tertiary/aromatic N) is 2. The van der Waals surface area contributed by atoms with Crippen LogP contribution in [-0.2, 0) is 0 Å². The highest BCUT2D eigenvalue weighted by molar-refractivity contribution is 4.99. The molecule has 62 valence electrons. The normalized spacial score (nSPS) is 53.7. The average Bonchev–Trinajstić information content (AvgIpc) is 2.70. The first-order valence-electron chi connectivity index (χ1n) is 4.83. The molecule has 3 saturated heterocycles. The Balaban J connectivity index is 1.74. The van der Waals surface area contributed by atoms with Gasteiger partial charge in [-0.3, -0.25) is 9.38 Å². The molecule has 2 nitrogen and oxygen atoms in total. The maximum absolute atomic E-state index is 2.66. The summed E-state index contributed by atoms with van der Waals surface area (Å²) in [5.41, 5.74) is 0. The summed E-state index contributed by atoms with van der Waals surface area (Å²) >= 11 is 0. The predicted octanol–water partition coefficient (Wildman–Crippen LogP) is 0.292. The molecule has 0 radical (unpaired) electrons. The lowest BCUT2D eigenvalue weighted by Gasteiger charge is -2.26. The van der Waals surface area contributed by atoms with E-state index in [0.717, 1.165) is 18.1 Å². The van der Waals surface area contributed by atoms with E-state index in [2.05, 4.69) is 18.7 Å². The SMILES string of the molecule is CC(C)N1C[C@@H]2C[N+]23C[C@@H]3C1. The molecule has 0 amide bonds. The lowest BCUT2D eigenvalue weighted by Crippen LogP contribution is -2.42. The Labute approximate surface area is 68.4 Å². The number of rotatable bonds is 1. The Morgan fingerprint density at radius 3 is 2.18 bits per heavy atom. The minimum atomic E-state index is 0.776. The van der Waals surface area contributed by atoms with Crippen LogP contribution in [0.15, 0.2) is 0 Å². The molecule has 1 spiro atoms. The van der Waals surface area contributed by atoms with Crippen molar-refractivity contribution < 1.29 is 4.48 Å². The van der Waals surface area contributed by atoms with Crippen LogP contribution in [0.2, 0.25) is 0 Å². The van der Waals surface area contributed by atoms with Crippen LogP contribution in [0.5, 0.6) is 0 Å². The van der Waals surface area contributed by atoms with Crippen molar-refractivity contribution in [2.75, 3.05) is 26.2 Å². The van der Waals surface area contributed by atoms with Crippen LogP contribution in [0.1, 0.15) is 13.8 Å². The Kier molecular flexibility index (Phi) is 0.961. The first-order valence-corrected chi connectivity index (χ1v) is 4.83. The fraction of sp³-hybridized carbons (Fsp3) is 1.00. The van der Waals surface area contributed by atoms with Gasteiger partial charge in [-0.1, -0.05) is 0 Å². The van der Waals surface area contributed by atoms with Gasteiger partial charge in [-0.15, -0.1) is 0 Å². The van der Waals surface area contributed by atoms with Crippen LogP contribution in [0.25, 0.3) is 0 Å². The highest BCUT2D eigenvalue weighted by Crippen LogP contribution is 2.50. The van der Waals surface area contributed by atoms with E-state index in [4.69, 9.17) is 0 Å². The highest BCUT2D eigenvalue weighted by atomic mass is 15.7. The molecule has 3 aliphatic rings. The van der Waals surface area contributed by atoms with Gasteiger partial charge in [-0.05, 0) is 13.8 Å². The van der Waals surface area contributed by atoms with E-state index in [0.29, 0.717) is 0 Å². The Hall–Kier alpha value is -0.0800. The van der Waals surface area contributed by atoms with E-state index in [9.17, 15) is 0 Å². The Morgan fingerprint density at radius 1 is 1.18 bits per heavy atom. The van der Waals surface area contributed by atoms with Gasteiger partial charge in [0.25, 0.3) is 0 Å². The van der Waals surface area contributed by atoms with E-state index in [1.807, 2.05) is 0 Å². The summed E-state index contributed by atoms with van der Waals surface area (Å²) < 4.78 is 1.53. The van der Waals surface area contributed by atoms with Crippen molar-refractivity contribution in [3.05, 3.63) is 0 Å². The van der Waals surface area contributed by atoms with Gasteiger partial charge in [0.05, 0.1) is 13.1 Å². The second-order valence-electron chi connectivity index (χ2n) is 4.82. The molecular formula is C9H17N2+. The molecule has 3 fully saturated rings. The van der Waals surface area contributed by atoms with Gasteiger partial charge >= 0.3 is 0 Å². The van der Waals surface area contributed by atoms with Crippen molar-refractivity contribution in [3.63, 3.8) is 0 Å². The summed E-state index contributed by atoms with van der Waals surface area (Å²) in [6.07, 6.45) is 0. The van der Waals surface area contributed by atoms with Crippen molar-refractivity contribution in [2.24, 2.45) is 0 Å².